The predicted octanol–water partition coefficient (Wildman–Crippen LogP) is 5.06. The van der Waals surface area contributed by atoms with E-state index in [0.717, 1.165) is 0 Å². The molecule has 0 saturated carbocycles. The summed E-state index contributed by atoms with van der Waals surface area (Å²) in [5.74, 6) is 0. The van der Waals surface area contributed by atoms with Crippen LogP contribution in [0.15, 0.2) is 36.4 Å². The van der Waals surface area contributed by atoms with Gasteiger partial charge in [0.25, 0.3) is 0 Å². The van der Waals surface area contributed by atoms with Crippen molar-refractivity contribution in [3.63, 3.8) is 0 Å². The molecule has 0 aliphatic heterocycles. The van der Waals surface area contributed by atoms with Gasteiger partial charge in [0.15, 0.2) is 0 Å². The number of hydrogen-bond donors (Lipinski definition) is 1. The van der Waals surface area contributed by atoms with Gasteiger partial charge in [0.05, 0.1) is 3.79 Å². The van der Waals surface area contributed by atoms with Gasteiger partial charge in [-0.2, -0.15) is 11.3 Å². The first-order chi connectivity index (χ1) is 7.61. The van der Waals surface area contributed by atoms with E-state index >= 15 is 0 Å². The van der Waals surface area contributed by atoms with Crippen molar-refractivity contribution in [2.75, 3.05) is 0 Å². The molecule has 0 aromatic carbocycles. The number of thiol groups is 1. The van der Waals surface area contributed by atoms with Crippen LogP contribution in [0, 0.1) is 13.8 Å². The molecule has 0 aliphatic carbocycles. The van der Waals surface area contributed by atoms with Crippen LogP contribution in [-0.2, 0) is 0 Å². The Labute approximate surface area is 120 Å². The van der Waals surface area contributed by atoms with Gasteiger partial charge in [0.2, 0.25) is 0 Å². The Morgan fingerprint density at radius 2 is 1.94 bits per heavy atom. The molecule has 1 radical (unpaired) electrons. The molecule has 2 aromatic rings. The van der Waals surface area contributed by atoms with E-state index in [1.165, 1.54) is 14.9 Å². The number of halogens is 1. The predicted molar refractivity (Wildman–Crippen MR) is 83.0 cm³/mol. The van der Waals surface area contributed by atoms with Crippen LogP contribution in [0.25, 0.3) is 0 Å². The molecule has 0 aliphatic rings. The summed E-state index contributed by atoms with van der Waals surface area (Å²) in [5, 5.41) is 6.27. The summed E-state index contributed by atoms with van der Waals surface area (Å²) in [4.78, 5) is 0. The summed E-state index contributed by atoms with van der Waals surface area (Å²) in [5.41, 5.74) is 2.69. The fourth-order valence-electron chi connectivity index (χ4n) is 0.687. The second kappa shape index (κ2) is 10.3. The molecule has 0 amide bonds. The Balaban J connectivity index is 0.000000230. The average Bonchev–Trinajstić information content (AvgIpc) is 2.83. The molecule has 6 heteroatoms. The average molecular weight is 333 g/mol. The molecule has 0 atom stereocenters. The van der Waals surface area contributed by atoms with Gasteiger partial charge in [0.1, 0.15) is 0 Å². The Kier molecular flexibility index (Phi) is 10.3. The van der Waals surface area contributed by atoms with Crippen molar-refractivity contribution in [1.82, 2.24) is 0 Å². The number of aryl methyl sites for hydroxylation is 2. The molecular formula is C10H12BBrNS3. The van der Waals surface area contributed by atoms with Crippen molar-refractivity contribution >= 4 is 59.1 Å². The fourth-order valence-corrected chi connectivity index (χ4v) is 2.45. The third kappa shape index (κ3) is 8.27. The number of rotatable bonds is 0. The molecule has 1 nitrogen and oxygen atoms in total. The topological polar surface area (TPSA) is 12.4 Å². The molecule has 0 fully saturated rings. The Morgan fingerprint density at radius 1 is 1.31 bits per heavy atom. The first-order valence-corrected chi connectivity index (χ1v) is 7.36. The molecule has 2 aromatic heterocycles. The summed E-state index contributed by atoms with van der Waals surface area (Å²) >= 11 is 10.0. The maximum atomic E-state index is 4.34. The van der Waals surface area contributed by atoms with Gasteiger partial charge in [-0.15, -0.1) is 11.3 Å². The summed E-state index contributed by atoms with van der Waals surface area (Å²) in [6.07, 6.45) is 0. The first-order valence-electron chi connectivity index (χ1n) is 4.34. The van der Waals surface area contributed by atoms with Crippen molar-refractivity contribution in [1.29, 1.82) is 0 Å². The Hall–Kier alpha value is 0.0949. The second-order valence-electron chi connectivity index (χ2n) is 2.79. The van der Waals surface area contributed by atoms with Gasteiger partial charge in [-0.25, -0.2) is 0 Å². The van der Waals surface area contributed by atoms with Crippen molar-refractivity contribution < 1.29 is 0 Å². The summed E-state index contributed by atoms with van der Waals surface area (Å²) in [7, 11) is 4.34. The molecule has 0 N–H and O–H groups in total. The van der Waals surface area contributed by atoms with Gasteiger partial charge < -0.3 is 0 Å². The van der Waals surface area contributed by atoms with Crippen LogP contribution in [0.1, 0.15) is 11.1 Å². The van der Waals surface area contributed by atoms with Gasteiger partial charge in [0, 0.05) is 0 Å². The van der Waals surface area contributed by atoms with Crippen LogP contribution in [0.4, 0.5) is 0 Å². The quantitative estimate of drug-likeness (QED) is 0.511. The van der Waals surface area contributed by atoms with E-state index < -0.39 is 0 Å². The first kappa shape index (κ1) is 16.1. The molecule has 0 saturated heterocycles. The van der Waals surface area contributed by atoms with E-state index in [-0.39, 0.29) is 0 Å². The summed E-state index contributed by atoms with van der Waals surface area (Å²) < 4.78 is 3.94. The third-order valence-electron chi connectivity index (χ3n) is 1.46. The molecule has 85 valence electrons. The van der Waals surface area contributed by atoms with Gasteiger partial charge in [-0.05, 0) is 69.2 Å². The maximum absolute atomic E-state index is 4.34. The standard InChI is InChI=1S/C5H5BrS.C5H6S.BHNS/c1-4-2-3-7-5(4)6;1-5-2-3-6-4-5;1-2-3/h2-3H,1H3;2-4H,1H3;3H. The van der Waals surface area contributed by atoms with Crippen LogP contribution in [-0.4, -0.2) is 7.64 Å². The summed E-state index contributed by atoms with van der Waals surface area (Å²) in [6, 6.07) is 4.19. The van der Waals surface area contributed by atoms with E-state index in [4.69, 9.17) is 0 Å². The Morgan fingerprint density at radius 3 is 2.06 bits per heavy atom. The van der Waals surface area contributed by atoms with E-state index in [1.54, 1.807) is 22.7 Å². The molecule has 2 rings (SSSR count). The third-order valence-corrected chi connectivity index (χ3v) is 4.25. The molecule has 0 spiro atoms. The second-order valence-corrected chi connectivity index (χ2v) is 6.04. The molecule has 2 heterocycles. The normalized spacial score (nSPS) is 8.19. The van der Waals surface area contributed by atoms with Gasteiger partial charge >= 0.3 is 24.8 Å². The molecule has 0 bridgehead atoms. The molecule has 0 unspecified atom stereocenters. The van der Waals surface area contributed by atoms with Crippen LogP contribution >= 0.6 is 51.4 Å². The van der Waals surface area contributed by atoms with E-state index in [1.807, 2.05) is 0 Å². The van der Waals surface area contributed by atoms with Gasteiger partial charge in [-0.3, -0.25) is 0 Å². The van der Waals surface area contributed by atoms with Crippen LogP contribution in [0.3, 0.4) is 0 Å². The zero-order valence-electron chi connectivity index (χ0n) is 9.05. The van der Waals surface area contributed by atoms with E-state index in [0.29, 0.717) is 0 Å². The van der Waals surface area contributed by atoms with Crippen molar-refractivity contribution in [2.24, 2.45) is 4.30 Å². The van der Waals surface area contributed by atoms with E-state index in [2.05, 4.69) is 82.8 Å². The SMILES string of the molecule is Cc1ccsc1.Cc1ccsc1Br.[B]=NS. The number of nitrogens with zero attached hydrogens (tertiary/aromatic N) is 1. The van der Waals surface area contributed by atoms with Gasteiger partial charge in [-0.1, -0.05) is 0 Å². The number of thiophene rings is 2. The van der Waals surface area contributed by atoms with Crippen molar-refractivity contribution in [2.45, 2.75) is 13.8 Å². The summed E-state index contributed by atoms with van der Waals surface area (Å²) in [6.45, 7) is 4.18. The minimum atomic E-state index is 1.24. The zero-order chi connectivity index (χ0) is 12.4. The van der Waals surface area contributed by atoms with Crippen LogP contribution in [0.2, 0.25) is 0 Å². The van der Waals surface area contributed by atoms with Crippen LogP contribution in [0.5, 0.6) is 0 Å². The van der Waals surface area contributed by atoms with E-state index in [9.17, 15) is 0 Å². The molecule has 16 heavy (non-hydrogen) atoms. The molecular weight excluding hydrogens is 321 g/mol. The monoisotopic (exact) mass is 332 g/mol. The number of hydrogen-bond acceptors (Lipinski definition) is 4. The fraction of sp³-hybridized carbons (Fsp3) is 0.200. The van der Waals surface area contributed by atoms with Crippen molar-refractivity contribution in [3.8, 4) is 0 Å². The van der Waals surface area contributed by atoms with Crippen LogP contribution < -0.4 is 0 Å². The minimum absolute atomic E-state index is 1.24. The zero-order valence-corrected chi connectivity index (χ0v) is 13.2. The van der Waals surface area contributed by atoms with Crippen molar-refractivity contribution in [3.05, 3.63) is 43.2 Å². The Bertz CT molecular complexity index is 370.